The van der Waals surface area contributed by atoms with Gasteiger partial charge in [-0.3, -0.25) is 0 Å². The van der Waals surface area contributed by atoms with Gasteiger partial charge in [0.25, 0.3) is 0 Å². The van der Waals surface area contributed by atoms with Gasteiger partial charge in [-0.25, -0.2) is 4.39 Å². The Morgan fingerprint density at radius 1 is 1.22 bits per heavy atom. The molecule has 0 aliphatic heterocycles. The molecule has 0 unspecified atom stereocenters. The maximum absolute atomic E-state index is 13.5. The first-order valence-electron chi connectivity index (χ1n) is 6.53. The Hall–Kier alpha value is -0.410. The minimum Gasteiger partial charge on any atom is -0.325 e. The third kappa shape index (κ3) is 3.12. The summed E-state index contributed by atoms with van der Waals surface area (Å²) in [7, 11) is 0. The third-order valence-corrected chi connectivity index (χ3v) is 5.06. The van der Waals surface area contributed by atoms with Gasteiger partial charge >= 0.3 is 0 Å². The van der Waals surface area contributed by atoms with Crippen molar-refractivity contribution in [1.29, 1.82) is 0 Å². The molecule has 0 aromatic heterocycles. The van der Waals surface area contributed by atoms with Crippen molar-refractivity contribution in [2.45, 2.75) is 51.5 Å². The zero-order valence-corrected chi connectivity index (χ0v) is 12.7. The van der Waals surface area contributed by atoms with Gasteiger partial charge in [-0.2, -0.15) is 0 Å². The molecule has 0 radical (unpaired) electrons. The molecule has 1 fully saturated rings. The van der Waals surface area contributed by atoms with Crippen LogP contribution in [0.5, 0.6) is 0 Å². The first-order valence-corrected chi connectivity index (χ1v) is 7.32. The van der Waals surface area contributed by atoms with E-state index in [2.05, 4.69) is 29.8 Å². The van der Waals surface area contributed by atoms with Crippen molar-refractivity contribution in [3.05, 3.63) is 34.1 Å². The van der Waals surface area contributed by atoms with E-state index in [1.54, 1.807) is 6.07 Å². The lowest BCUT2D eigenvalue weighted by Crippen LogP contribution is -2.46. The average Bonchev–Trinajstić information content (AvgIpc) is 2.30. The summed E-state index contributed by atoms with van der Waals surface area (Å²) < 4.78 is 14.1. The Morgan fingerprint density at radius 2 is 1.83 bits per heavy atom. The van der Waals surface area contributed by atoms with Crippen molar-refractivity contribution in [1.82, 2.24) is 0 Å². The predicted octanol–water partition coefficient (Wildman–Crippen LogP) is 4.43. The van der Waals surface area contributed by atoms with Crippen LogP contribution in [0.4, 0.5) is 4.39 Å². The van der Waals surface area contributed by atoms with E-state index in [0.717, 1.165) is 37.7 Å². The van der Waals surface area contributed by atoms with Gasteiger partial charge in [0.05, 0.1) is 4.47 Å². The van der Waals surface area contributed by atoms with Gasteiger partial charge in [0.2, 0.25) is 0 Å². The van der Waals surface area contributed by atoms with Gasteiger partial charge in [0.1, 0.15) is 5.82 Å². The molecule has 0 heterocycles. The molecule has 0 atom stereocenters. The maximum Gasteiger partial charge on any atom is 0.137 e. The molecule has 2 rings (SSSR count). The molecule has 18 heavy (non-hydrogen) atoms. The maximum atomic E-state index is 13.5. The molecule has 2 N–H and O–H groups in total. The Labute approximate surface area is 117 Å². The number of nitrogens with two attached hydrogens (primary N) is 1. The number of rotatable bonds is 2. The van der Waals surface area contributed by atoms with E-state index in [1.165, 1.54) is 6.07 Å². The fourth-order valence-electron chi connectivity index (χ4n) is 2.67. The minimum absolute atomic E-state index is 0.175. The highest BCUT2D eigenvalue weighted by Gasteiger charge is 2.35. The largest absolute Gasteiger partial charge is 0.325 e. The van der Waals surface area contributed by atoms with Crippen LogP contribution in [0, 0.1) is 11.2 Å². The summed E-state index contributed by atoms with van der Waals surface area (Å²) in [6.07, 6.45) is 5.08. The molecule has 3 heteroatoms. The molecule has 0 amide bonds. The lowest BCUT2D eigenvalue weighted by atomic mass is 9.68. The van der Waals surface area contributed by atoms with Crippen molar-refractivity contribution >= 4 is 15.9 Å². The zero-order chi connectivity index (χ0) is 13.4. The van der Waals surface area contributed by atoms with Crippen molar-refractivity contribution < 1.29 is 4.39 Å². The van der Waals surface area contributed by atoms with Crippen molar-refractivity contribution in [3.63, 3.8) is 0 Å². The van der Waals surface area contributed by atoms with E-state index in [4.69, 9.17) is 5.73 Å². The van der Waals surface area contributed by atoms with Gasteiger partial charge < -0.3 is 5.73 Å². The summed E-state index contributed by atoms with van der Waals surface area (Å²) in [4.78, 5) is 0. The van der Waals surface area contributed by atoms with Gasteiger partial charge in [-0.1, -0.05) is 26.0 Å². The van der Waals surface area contributed by atoms with Crippen LogP contribution in [0.3, 0.4) is 0 Å². The highest BCUT2D eigenvalue weighted by atomic mass is 79.9. The van der Waals surface area contributed by atoms with Gasteiger partial charge in [0, 0.05) is 5.54 Å². The highest BCUT2D eigenvalue weighted by Crippen LogP contribution is 2.41. The van der Waals surface area contributed by atoms with Crippen LogP contribution in [-0.4, -0.2) is 5.54 Å². The van der Waals surface area contributed by atoms with Gasteiger partial charge in [-0.15, -0.1) is 0 Å². The second kappa shape index (κ2) is 4.93. The molecule has 1 saturated carbocycles. The second-order valence-corrected chi connectivity index (χ2v) is 7.21. The third-order valence-electron chi connectivity index (χ3n) is 4.17. The Kier molecular flexibility index (Phi) is 3.84. The molecular formula is C15H21BrFN. The van der Waals surface area contributed by atoms with Gasteiger partial charge in [-0.05, 0) is 65.1 Å². The van der Waals surface area contributed by atoms with Crippen molar-refractivity contribution in [2.24, 2.45) is 11.1 Å². The Bertz CT molecular complexity index is 432. The van der Waals surface area contributed by atoms with Crippen LogP contribution in [0.2, 0.25) is 0 Å². The molecule has 1 aromatic rings. The fourth-order valence-corrected chi connectivity index (χ4v) is 3.07. The van der Waals surface area contributed by atoms with Crippen molar-refractivity contribution in [3.8, 4) is 0 Å². The Morgan fingerprint density at radius 3 is 2.44 bits per heavy atom. The molecule has 0 bridgehead atoms. The van der Waals surface area contributed by atoms with Crippen LogP contribution < -0.4 is 5.73 Å². The lowest BCUT2D eigenvalue weighted by Gasteiger charge is -2.41. The van der Waals surface area contributed by atoms with Crippen LogP contribution >= 0.6 is 15.9 Å². The van der Waals surface area contributed by atoms with E-state index >= 15 is 0 Å². The fraction of sp³-hybridized carbons (Fsp3) is 0.600. The first kappa shape index (κ1) is 14.0. The number of hydrogen-bond acceptors (Lipinski definition) is 1. The lowest BCUT2D eigenvalue weighted by molar-refractivity contribution is 0.164. The molecule has 100 valence electrons. The number of benzene rings is 1. The topological polar surface area (TPSA) is 26.0 Å². The zero-order valence-electron chi connectivity index (χ0n) is 11.1. The normalized spacial score (nSPS) is 21.8. The standard InChI is InChI=1S/C15H21BrFN/c1-14(2)6-8-15(18,9-7-14)10-11-4-3-5-12(17)13(11)16/h3-5H,6-10,18H2,1-2H3. The molecular weight excluding hydrogens is 293 g/mol. The van der Waals surface area contributed by atoms with Crippen LogP contribution in [0.25, 0.3) is 0 Å². The van der Waals surface area contributed by atoms with E-state index in [-0.39, 0.29) is 11.4 Å². The number of halogens is 2. The van der Waals surface area contributed by atoms with Crippen LogP contribution in [0.15, 0.2) is 22.7 Å². The average molecular weight is 314 g/mol. The molecule has 1 aliphatic carbocycles. The van der Waals surface area contributed by atoms with Crippen LogP contribution in [-0.2, 0) is 6.42 Å². The van der Waals surface area contributed by atoms with E-state index < -0.39 is 0 Å². The van der Waals surface area contributed by atoms with E-state index in [0.29, 0.717) is 9.89 Å². The molecule has 0 spiro atoms. The van der Waals surface area contributed by atoms with E-state index in [9.17, 15) is 4.39 Å². The summed E-state index contributed by atoms with van der Waals surface area (Å²) >= 11 is 3.32. The SMILES string of the molecule is CC1(C)CCC(N)(Cc2cccc(F)c2Br)CC1. The Balaban J connectivity index is 2.12. The molecule has 1 nitrogen and oxygen atoms in total. The summed E-state index contributed by atoms with van der Waals surface area (Å²) in [5.41, 5.74) is 7.70. The molecule has 1 aliphatic rings. The molecule has 0 saturated heterocycles. The first-order chi connectivity index (χ1) is 8.31. The quantitative estimate of drug-likeness (QED) is 0.859. The van der Waals surface area contributed by atoms with Crippen LogP contribution in [0.1, 0.15) is 45.1 Å². The van der Waals surface area contributed by atoms with Gasteiger partial charge in [0.15, 0.2) is 0 Å². The summed E-state index contributed by atoms with van der Waals surface area (Å²) in [5, 5.41) is 0. The number of hydrogen-bond donors (Lipinski definition) is 1. The summed E-state index contributed by atoms with van der Waals surface area (Å²) in [6.45, 7) is 4.59. The minimum atomic E-state index is -0.202. The highest BCUT2D eigenvalue weighted by molar-refractivity contribution is 9.10. The smallest absolute Gasteiger partial charge is 0.137 e. The molecule has 1 aromatic carbocycles. The van der Waals surface area contributed by atoms with E-state index in [1.807, 2.05) is 6.07 Å². The van der Waals surface area contributed by atoms with Crippen molar-refractivity contribution in [2.75, 3.05) is 0 Å². The predicted molar refractivity (Wildman–Crippen MR) is 77.0 cm³/mol. The second-order valence-electron chi connectivity index (χ2n) is 6.42. The monoisotopic (exact) mass is 313 g/mol. The summed E-state index contributed by atoms with van der Waals surface area (Å²) in [5.74, 6) is -0.202. The summed E-state index contributed by atoms with van der Waals surface area (Å²) in [6, 6.07) is 5.19.